The van der Waals surface area contributed by atoms with Gasteiger partial charge in [0.05, 0.1) is 21.2 Å². The number of hydrogen-bond acceptors (Lipinski definition) is 4. The minimum absolute atomic E-state index is 0.340. The Labute approximate surface area is 315 Å². The second kappa shape index (κ2) is 10.6. The molecule has 0 bridgehead atoms. The molecule has 0 saturated carbocycles. The van der Waals surface area contributed by atoms with E-state index < -0.39 is 14.3 Å². The van der Waals surface area contributed by atoms with Gasteiger partial charge in [0.15, 0.2) is 14.3 Å². The first-order valence-electron chi connectivity index (χ1n) is 18.5. The van der Waals surface area contributed by atoms with E-state index in [1.165, 1.54) is 44.5 Å². The van der Waals surface area contributed by atoms with Gasteiger partial charge >= 0.3 is 0 Å². The van der Waals surface area contributed by atoms with E-state index in [0.717, 1.165) is 31.8 Å². The van der Waals surface area contributed by atoms with Crippen LogP contribution < -0.4 is 41.3 Å². The summed E-state index contributed by atoms with van der Waals surface area (Å²) in [6, 6.07) is 48.6. The summed E-state index contributed by atoms with van der Waals surface area (Å²) in [6.07, 6.45) is 0. The minimum atomic E-state index is -3.23. The average molecular weight is 739 g/mol. The maximum Gasteiger partial charge on any atom is 0.178 e. The summed E-state index contributed by atoms with van der Waals surface area (Å²) in [4.78, 5) is 0. The molecule has 2 aliphatic heterocycles. The van der Waals surface area contributed by atoms with Crippen LogP contribution in [0.3, 0.4) is 0 Å². The Morgan fingerprint density at radius 3 is 1.00 bits per heavy atom. The molecule has 0 aromatic heterocycles. The Morgan fingerprint density at radius 2 is 0.667 bits per heavy atom. The van der Waals surface area contributed by atoms with E-state index in [2.05, 4.69) is 76.2 Å². The second-order valence-corrected chi connectivity index (χ2v) is 21.3. The summed E-state index contributed by atoms with van der Waals surface area (Å²) in [5, 5.41) is 4.60. The standard InChI is InChI=1S/C48H36O4P2/c1-47(2)35-25-29(53(49)43-17-9-5-13-39(43)51-40-14-6-10-18-44(40)53)21-23-31(35)33-28-38-34(27-37(33)47)32-24-22-30(26-36(32)48(38,3)4)54(50)45-19-11-7-15-41(45)52-42-16-8-12-20-46(42)54/h5-28H,1-4H3. The lowest BCUT2D eigenvalue weighted by molar-refractivity contribution is 0.485. The van der Waals surface area contributed by atoms with Crippen molar-refractivity contribution in [2.75, 3.05) is 0 Å². The zero-order valence-electron chi connectivity index (χ0n) is 30.4. The number of benzene rings is 7. The van der Waals surface area contributed by atoms with Gasteiger partial charge in [-0.15, -0.1) is 0 Å². The van der Waals surface area contributed by atoms with E-state index in [1.807, 2.05) is 97.1 Å². The molecule has 2 aliphatic carbocycles. The highest BCUT2D eigenvalue weighted by Crippen LogP contribution is 2.59. The molecule has 4 nitrogen and oxygen atoms in total. The van der Waals surface area contributed by atoms with Crippen LogP contribution in [0.5, 0.6) is 23.0 Å². The topological polar surface area (TPSA) is 52.6 Å². The highest BCUT2D eigenvalue weighted by molar-refractivity contribution is 7.86. The largest absolute Gasteiger partial charge is 0.456 e. The molecule has 2 heterocycles. The normalized spacial score (nSPS) is 17.6. The van der Waals surface area contributed by atoms with Crippen LogP contribution in [0.4, 0.5) is 0 Å². The smallest absolute Gasteiger partial charge is 0.178 e. The summed E-state index contributed by atoms with van der Waals surface area (Å²) in [6.45, 7) is 9.13. The minimum Gasteiger partial charge on any atom is -0.456 e. The first-order chi connectivity index (χ1) is 26.0. The second-order valence-electron chi connectivity index (χ2n) is 15.9. The molecule has 6 heteroatoms. The lowest BCUT2D eigenvalue weighted by Crippen LogP contribution is -2.31. The molecule has 0 fully saturated rings. The molecule has 0 amide bonds. The number of fused-ring (bicyclic) bond motifs is 10. The van der Waals surface area contributed by atoms with Gasteiger partial charge in [-0.3, -0.25) is 0 Å². The first-order valence-corrected chi connectivity index (χ1v) is 21.9. The molecule has 0 radical (unpaired) electrons. The molecule has 11 rings (SSSR count). The number of hydrogen-bond donors (Lipinski definition) is 0. The van der Waals surface area contributed by atoms with Crippen molar-refractivity contribution in [3.05, 3.63) is 168 Å². The molecular formula is C48H36O4P2. The molecule has 0 saturated heterocycles. The maximum absolute atomic E-state index is 15.5. The first kappa shape index (κ1) is 32.1. The number of ether oxygens (including phenoxy) is 2. The van der Waals surface area contributed by atoms with Crippen molar-refractivity contribution >= 4 is 46.1 Å². The third kappa shape index (κ3) is 3.95. The van der Waals surface area contributed by atoms with Crippen molar-refractivity contribution in [3.8, 4) is 45.3 Å². The Bertz CT molecular complexity index is 2620. The van der Waals surface area contributed by atoms with Gasteiger partial charge in [0.1, 0.15) is 23.0 Å². The lowest BCUT2D eigenvalue weighted by atomic mass is 9.79. The third-order valence-electron chi connectivity index (χ3n) is 12.4. The Balaban J connectivity index is 1.05. The van der Waals surface area contributed by atoms with Crippen LogP contribution in [0.25, 0.3) is 22.3 Å². The highest BCUT2D eigenvalue weighted by atomic mass is 31.2. The molecule has 7 aromatic rings. The summed E-state index contributed by atoms with van der Waals surface area (Å²) in [7, 11) is -6.45. The van der Waals surface area contributed by atoms with E-state index in [4.69, 9.17) is 9.47 Å². The molecule has 4 aliphatic rings. The summed E-state index contributed by atoms with van der Waals surface area (Å²) in [5.41, 5.74) is 8.97. The van der Waals surface area contributed by atoms with Crippen LogP contribution in [-0.2, 0) is 20.0 Å². The Kier molecular flexibility index (Phi) is 6.31. The Hall–Kier alpha value is -5.40. The third-order valence-corrected chi connectivity index (χ3v) is 18.6. The van der Waals surface area contributed by atoms with E-state index in [-0.39, 0.29) is 10.8 Å². The monoisotopic (exact) mass is 738 g/mol. The van der Waals surface area contributed by atoms with E-state index in [0.29, 0.717) is 23.0 Å². The van der Waals surface area contributed by atoms with E-state index in [9.17, 15) is 0 Å². The molecule has 0 spiro atoms. The van der Waals surface area contributed by atoms with Crippen molar-refractivity contribution in [3.63, 3.8) is 0 Å². The predicted octanol–water partition coefficient (Wildman–Crippen LogP) is 9.79. The molecule has 0 atom stereocenters. The van der Waals surface area contributed by atoms with Gasteiger partial charge in [0.2, 0.25) is 0 Å². The van der Waals surface area contributed by atoms with Gasteiger partial charge in [-0.25, -0.2) is 0 Å². The SMILES string of the molecule is CC1(C)c2cc(P3(=O)c4ccccc4Oc4ccccc43)ccc2-c2cc3c(cc21)-c1ccc(P2(=O)c4ccccc4Oc4ccccc42)cc1C3(C)C. The van der Waals surface area contributed by atoms with Gasteiger partial charge < -0.3 is 18.6 Å². The molecule has 7 aromatic carbocycles. The quantitative estimate of drug-likeness (QED) is 0.166. The van der Waals surface area contributed by atoms with Crippen molar-refractivity contribution in [2.45, 2.75) is 38.5 Å². The van der Waals surface area contributed by atoms with Crippen molar-refractivity contribution < 1.29 is 18.6 Å². The van der Waals surface area contributed by atoms with E-state index in [1.54, 1.807) is 0 Å². The van der Waals surface area contributed by atoms with Gasteiger partial charge in [0.25, 0.3) is 0 Å². The molecule has 0 unspecified atom stereocenters. The highest BCUT2D eigenvalue weighted by Gasteiger charge is 2.46. The Morgan fingerprint density at radius 1 is 0.370 bits per heavy atom. The van der Waals surface area contributed by atoms with Crippen LogP contribution in [0.1, 0.15) is 49.9 Å². The number of para-hydroxylation sites is 4. The van der Waals surface area contributed by atoms with Crippen molar-refractivity contribution in [1.29, 1.82) is 0 Å². The number of rotatable bonds is 2. The fourth-order valence-electron chi connectivity index (χ4n) is 9.60. The van der Waals surface area contributed by atoms with E-state index >= 15 is 9.13 Å². The summed E-state index contributed by atoms with van der Waals surface area (Å²) in [5.74, 6) is 2.60. The predicted molar refractivity (Wildman–Crippen MR) is 221 cm³/mol. The molecule has 262 valence electrons. The lowest BCUT2D eigenvalue weighted by Gasteiger charge is -2.30. The van der Waals surface area contributed by atoms with Gasteiger partial charge in [-0.05, 0) is 117 Å². The van der Waals surface area contributed by atoms with Crippen LogP contribution in [-0.4, -0.2) is 0 Å². The molecule has 54 heavy (non-hydrogen) atoms. The molecule has 0 N–H and O–H groups in total. The van der Waals surface area contributed by atoms with Crippen molar-refractivity contribution in [2.24, 2.45) is 0 Å². The molecular weight excluding hydrogens is 702 g/mol. The van der Waals surface area contributed by atoms with Crippen LogP contribution >= 0.6 is 14.3 Å². The van der Waals surface area contributed by atoms with Gasteiger partial charge in [-0.2, -0.15) is 0 Å². The summed E-state index contributed by atoms with van der Waals surface area (Å²) >= 11 is 0. The van der Waals surface area contributed by atoms with Crippen LogP contribution in [0, 0.1) is 0 Å². The van der Waals surface area contributed by atoms with Gasteiger partial charge in [-0.1, -0.05) is 100 Å². The maximum atomic E-state index is 15.5. The van der Waals surface area contributed by atoms with Crippen LogP contribution in [0.15, 0.2) is 146 Å². The van der Waals surface area contributed by atoms with Gasteiger partial charge in [0, 0.05) is 21.4 Å². The summed E-state index contributed by atoms with van der Waals surface area (Å²) < 4.78 is 43.6. The fourth-order valence-corrected chi connectivity index (χ4v) is 15.3. The zero-order valence-corrected chi connectivity index (χ0v) is 32.2. The zero-order chi connectivity index (χ0) is 36.8. The fraction of sp³-hybridized carbons (Fsp3) is 0.125. The average Bonchev–Trinajstić information content (AvgIpc) is 3.55. The van der Waals surface area contributed by atoms with Crippen molar-refractivity contribution in [1.82, 2.24) is 0 Å². The van der Waals surface area contributed by atoms with Crippen LogP contribution in [0.2, 0.25) is 0 Å².